The Morgan fingerprint density at radius 1 is 1.14 bits per heavy atom. The molecular weight excluding hydrogens is 387 g/mol. The highest BCUT2D eigenvalue weighted by molar-refractivity contribution is 5.65. The van der Waals surface area contributed by atoms with Gasteiger partial charge in [0.05, 0.1) is 24.3 Å². The van der Waals surface area contributed by atoms with Crippen molar-refractivity contribution in [3.8, 4) is 5.75 Å². The second kappa shape index (κ2) is 11.9. The van der Waals surface area contributed by atoms with Crippen LogP contribution in [-0.4, -0.2) is 35.1 Å². The smallest absolute Gasteiger partial charge is 0.419 e. The van der Waals surface area contributed by atoms with Gasteiger partial charge in [-0.1, -0.05) is 45.6 Å². The van der Waals surface area contributed by atoms with E-state index in [9.17, 15) is 23.1 Å². The molecule has 0 fully saturated rings. The second-order valence-corrected chi connectivity index (χ2v) is 7.31. The SMILES string of the molecule is CCCCCCCOc1ccc(CCC(CC)(CO)NC(=O)O)cc1C(F)(F)F. The zero-order valence-electron chi connectivity index (χ0n) is 17.1. The minimum atomic E-state index is -4.55. The van der Waals surface area contributed by atoms with Crippen LogP contribution in [0.1, 0.15) is 69.9 Å². The molecule has 0 spiro atoms. The van der Waals surface area contributed by atoms with Crippen molar-refractivity contribution in [3.05, 3.63) is 29.3 Å². The van der Waals surface area contributed by atoms with Crippen LogP contribution in [0.15, 0.2) is 18.2 Å². The van der Waals surface area contributed by atoms with Crippen molar-refractivity contribution in [1.29, 1.82) is 0 Å². The van der Waals surface area contributed by atoms with Gasteiger partial charge in [0, 0.05) is 0 Å². The number of aliphatic hydroxyl groups is 1. The van der Waals surface area contributed by atoms with Crippen LogP contribution in [0.5, 0.6) is 5.75 Å². The largest absolute Gasteiger partial charge is 0.493 e. The summed E-state index contributed by atoms with van der Waals surface area (Å²) in [6.07, 6.45) is -0.272. The number of carbonyl (C=O) groups is 1. The lowest BCUT2D eigenvalue weighted by Crippen LogP contribution is -2.50. The summed E-state index contributed by atoms with van der Waals surface area (Å²) in [4.78, 5) is 11.0. The fourth-order valence-corrected chi connectivity index (χ4v) is 3.14. The van der Waals surface area contributed by atoms with Crippen LogP contribution >= 0.6 is 0 Å². The average Bonchev–Trinajstić information content (AvgIpc) is 2.67. The lowest BCUT2D eigenvalue weighted by molar-refractivity contribution is -0.139. The molecule has 0 radical (unpaired) electrons. The number of benzene rings is 1. The first-order valence-corrected chi connectivity index (χ1v) is 10.1. The molecule has 0 aliphatic rings. The Hall–Kier alpha value is -1.96. The molecule has 1 aromatic carbocycles. The summed E-state index contributed by atoms with van der Waals surface area (Å²) in [6.45, 7) is 3.61. The van der Waals surface area contributed by atoms with Gasteiger partial charge in [-0.25, -0.2) is 4.79 Å². The van der Waals surface area contributed by atoms with Crippen molar-refractivity contribution in [1.82, 2.24) is 5.32 Å². The zero-order chi connectivity index (χ0) is 21.9. The number of halogens is 3. The van der Waals surface area contributed by atoms with Crippen molar-refractivity contribution in [3.63, 3.8) is 0 Å². The molecule has 29 heavy (non-hydrogen) atoms. The van der Waals surface area contributed by atoms with E-state index in [1.54, 1.807) is 13.0 Å². The molecule has 0 heterocycles. The van der Waals surface area contributed by atoms with Crippen LogP contribution in [0.4, 0.5) is 18.0 Å². The highest BCUT2D eigenvalue weighted by atomic mass is 19.4. The first kappa shape index (κ1) is 25.1. The van der Waals surface area contributed by atoms with Crippen molar-refractivity contribution >= 4 is 6.09 Å². The summed E-state index contributed by atoms with van der Waals surface area (Å²) >= 11 is 0. The van der Waals surface area contributed by atoms with Crippen LogP contribution in [0, 0.1) is 0 Å². The normalized spacial score (nSPS) is 13.7. The van der Waals surface area contributed by atoms with Gasteiger partial charge in [0.1, 0.15) is 5.75 Å². The molecule has 0 aliphatic heterocycles. The van der Waals surface area contributed by atoms with E-state index >= 15 is 0 Å². The highest BCUT2D eigenvalue weighted by Gasteiger charge is 2.35. The number of unbranched alkanes of at least 4 members (excludes halogenated alkanes) is 4. The van der Waals surface area contributed by atoms with Crippen molar-refractivity contribution in [2.24, 2.45) is 0 Å². The number of alkyl halides is 3. The maximum atomic E-state index is 13.5. The van der Waals surface area contributed by atoms with E-state index in [4.69, 9.17) is 9.84 Å². The lowest BCUT2D eigenvalue weighted by atomic mass is 9.89. The van der Waals surface area contributed by atoms with E-state index in [0.29, 0.717) is 18.4 Å². The molecule has 1 aromatic rings. The van der Waals surface area contributed by atoms with Gasteiger partial charge in [-0.3, -0.25) is 0 Å². The Balaban J connectivity index is 2.84. The van der Waals surface area contributed by atoms with E-state index in [2.05, 4.69) is 12.2 Å². The number of hydrogen-bond acceptors (Lipinski definition) is 3. The summed E-state index contributed by atoms with van der Waals surface area (Å²) in [7, 11) is 0. The lowest BCUT2D eigenvalue weighted by Gasteiger charge is -2.30. The van der Waals surface area contributed by atoms with Crippen LogP contribution < -0.4 is 10.1 Å². The van der Waals surface area contributed by atoms with Gasteiger partial charge in [0.15, 0.2) is 0 Å². The van der Waals surface area contributed by atoms with E-state index in [0.717, 1.165) is 31.7 Å². The Morgan fingerprint density at radius 2 is 1.83 bits per heavy atom. The quantitative estimate of drug-likeness (QED) is 0.374. The third-order valence-corrected chi connectivity index (χ3v) is 5.10. The number of hydrogen-bond donors (Lipinski definition) is 3. The molecule has 5 nitrogen and oxygen atoms in total. The number of aliphatic hydroxyl groups excluding tert-OH is 1. The Bertz CT molecular complexity index is 631. The summed E-state index contributed by atoms with van der Waals surface area (Å²) in [5.74, 6) is -0.190. The Morgan fingerprint density at radius 3 is 2.38 bits per heavy atom. The minimum absolute atomic E-state index is 0.182. The molecule has 1 unspecified atom stereocenters. The van der Waals surface area contributed by atoms with Gasteiger partial charge >= 0.3 is 12.3 Å². The van der Waals surface area contributed by atoms with Gasteiger partial charge < -0.3 is 20.3 Å². The summed E-state index contributed by atoms with van der Waals surface area (Å²) in [5.41, 5.74) is -1.51. The first-order chi connectivity index (χ1) is 13.7. The minimum Gasteiger partial charge on any atom is -0.493 e. The predicted molar refractivity (Wildman–Crippen MR) is 105 cm³/mol. The molecule has 8 heteroatoms. The van der Waals surface area contributed by atoms with Gasteiger partial charge in [-0.05, 0) is 43.4 Å². The third kappa shape index (κ3) is 8.51. The number of ether oxygens (including phenoxy) is 1. The fraction of sp³-hybridized carbons (Fsp3) is 0.667. The monoisotopic (exact) mass is 419 g/mol. The molecule has 1 rings (SSSR count). The molecule has 0 bridgehead atoms. The second-order valence-electron chi connectivity index (χ2n) is 7.31. The molecule has 1 amide bonds. The highest BCUT2D eigenvalue weighted by Crippen LogP contribution is 2.37. The van der Waals surface area contributed by atoms with E-state index in [1.165, 1.54) is 6.07 Å². The topological polar surface area (TPSA) is 78.8 Å². The van der Waals surface area contributed by atoms with Crippen LogP contribution in [0.2, 0.25) is 0 Å². The Labute approximate surface area is 170 Å². The molecule has 166 valence electrons. The maximum absolute atomic E-state index is 13.5. The number of carboxylic acid groups (broad SMARTS) is 1. The maximum Gasteiger partial charge on any atom is 0.419 e. The summed E-state index contributed by atoms with van der Waals surface area (Å²) in [5, 5.41) is 20.8. The van der Waals surface area contributed by atoms with Gasteiger partial charge in [0.25, 0.3) is 0 Å². The van der Waals surface area contributed by atoms with Crippen LogP contribution in [0.25, 0.3) is 0 Å². The molecule has 0 saturated heterocycles. The molecule has 0 aliphatic carbocycles. The standard InChI is InChI=1S/C21H32F3NO4/c1-3-5-6-7-8-13-29-18-10-9-16(14-17(18)21(22,23)24)11-12-20(4-2,15-26)25-19(27)28/h9-10,14,25-26H,3-8,11-13,15H2,1-2H3,(H,27,28). The van der Waals surface area contributed by atoms with E-state index in [1.807, 2.05) is 0 Å². The van der Waals surface area contributed by atoms with Crippen LogP contribution in [0.3, 0.4) is 0 Å². The molecular formula is C21H32F3NO4. The molecule has 0 aromatic heterocycles. The van der Waals surface area contributed by atoms with Gasteiger partial charge in [-0.2, -0.15) is 13.2 Å². The predicted octanol–water partition coefficient (Wildman–Crippen LogP) is 5.40. The van der Waals surface area contributed by atoms with Crippen molar-refractivity contribution in [2.45, 2.75) is 76.9 Å². The summed E-state index contributed by atoms with van der Waals surface area (Å²) < 4.78 is 45.8. The number of amides is 1. The Kier molecular flexibility index (Phi) is 10.3. The third-order valence-electron chi connectivity index (χ3n) is 5.10. The number of nitrogens with one attached hydrogen (secondary N) is 1. The number of aryl methyl sites for hydroxylation is 1. The van der Waals surface area contributed by atoms with Gasteiger partial charge in [0.2, 0.25) is 0 Å². The zero-order valence-corrected chi connectivity index (χ0v) is 17.1. The number of rotatable bonds is 13. The summed E-state index contributed by atoms with van der Waals surface area (Å²) in [6, 6.07) is 3.92. The van der Waals surface area contributed by atoms with Crippen molar-refractivity contribution in [2.75, 3.05) is 13.2 Å². The molecule has 3 N–H and O–H groups in total. The first-order valence-electron chi connectivity index (χ1n) is 10.1. The van der Waals surface area contributed by atoms with E-state index < -0.39 is 30.0 Å². The molecule has 0 saturated carbocycles. The fourth-order valence-electron chi connectivity index (χ4n) is 3.14. The van der Waals surface area contributed by atoms with Crippen molar-refractivity contribution < 1.29 is 32.9 Å². The van der Waals surface area contributed by atoms with E-state index in [-0.39, 0.29) is 25.2 Å². The average molecular weight is 419 g/mol. The van der Waals surface area contributed by atoms with Crippen LogP contribution in [-0.2, 0) is 12.6 Å². The van der Waals surface area contributed by atoms with Gasteiger partial charge in [-0.15, -0.1) is 0 Å². The molecule has 1 atom stereocenters.